The number of rotatable bonds is 3. The summed E-state index contributed by atoms with van der Waals surface area (Å²) in [6.45, 7) is 2.97. The molecule has 0 bridgehead atoms. The normalized spacial score (nSPS) is 18.1. The Labute approximate surface area is 143 Å². The number of hydrogen-bond donors (Lipinski definition) is 3. The van der Waals surface area contributed by atoms with Crippen molar-refractivity contribution in [1.29, 1.82) is 0 Å². The van der Waals surface area contributed by atoms with E-state index in [-0.39, 0.29) is 11.7 Å². The van der Waals surface area contributed by atoms with Crippen molar-refractivity contribution >= 4 is 23.3 Å². The zero-order valence-electron chi connectivity index (χ0n) is 13.0. The largest absolute Gasteiger partial charge is 0.371 e. The highest BCUT2D eigenvalue weighted by molar-refractivity contribution is 7.71. The average molecular weight is 342 g/mol. The monoisotopic (exact) mass is 342 g/mol. The predicted molar refractivity (Wildman–Crippen MR) is 94.9 cm³/mol. The molecule has 0 saturated carbocycles. The zero-order chi connectivity index (χ0) is 16.5. The lowest BCUT2D eigenvalue weighted by Gasteiger charge is -2.26. The van der Waals surface area contributed by atoms with Gasteiger partial charge < -0.3 is 19.6 Å². The van der Waals surface area contributed by atoms with E-state index in [4.69, 9.17) is 17.0 Å². The molecule has 0 spiro atoms. The van der Waals surface area contributed by atoms with Gasteiger partial charge in [0.05, 0.1) is 24.8 Å². The molecule has 3 aromatic rings. The summed E-state index contributed by atoms with van der Waals surface area (Å²) in [5.41, 5.74) is 3.44. The second kappa shape index (κ2) is 6.35. The van der Waals surface area contributed by atoms with Crippen LogP contribution in [0, 0.1) is 4.77 Å². The van der Waals surface area contributed by atoms with Gasteiger partial charge in [-0.3, -0.25) is 9.78 Å². The van der Waals surface area contributed by atoms with Gasteiger partial charge >= 0.3 is 0 Å². The second-order valence-electron chi connectivity index (χ2n) is 5.85. The fraction of sp³-hybridized carbons (Fsp3) is 0.294. The predicted octanol–water partition coefficient (Wildman–Crippen LogP) is 2.10. The minimum atomic E-state index is -0.190. The molecule has 6 nitrogen and oxygen atoms in total. The summed E-state index contributed by atoms with van der Waals surface area (Å²) in [6, 6.07) is 10.1. The van der Waals surface area contributed by atoms with Crippen LogP contribution in [0.2, 0.25) is 0 Å². The Morgan fingerprint density at radius 3 is 3.00 bits per heavy atom. The molecule has 2 aromatic heterocycles. The molecule has 3 heterocycles. The number of H-pyrrole nitrogens is 2. The van der Waals surface area contributed by atoms with Crippen LogP contribution in [0.3, 0.4) is 0 Å². The maximum Gasteiger partial charge on any atom is 0.276 e. The number of morpholine rings is 1. The van der Waals surface area contributed by atoms with E-state index in [0.29, 0.717) is 23.4 Å². The van der Waals surface area contributed by atoms with Crippen molar-refractivity contribution < 1.29 is 4.74 Å². The molecular formula is C17H18N4O2S. The lowest BCUT2D eigenvalue weighted by atomic mass is 10.0. The minimum absolute atomic E-state index is 0.0357. The Hall–Kier alpha value is -2.22. The maximum absolute atomic E-state index is 12.0. The Kier molecular flexibility index (Phi) is 4.05. The Balaban J connectivity index is 1.78. The van der Waals surface area contributed by atoms with E-state index in [1.54, 1.807) is 6.20 Å². The Bertz CT molecular complexity index is 982. The molecule has 1 aliphatic heterocycles. The summed E-state index contributed by atoms with van der Waals surface area (Å²) in [5, 5.41) is 3.36. The van der Waals surface area contributed by atoms with Gasteiger partial charge in [-0.15, -0.1) is 0 Å². The van der Waals surface area contributed by atoms with Crippen LogP contribution in [-0.4, -0.2) is 34.2 Å². The first-order valence-corrected chi connectivity index (χ1v) is 8.35. The van der Waals surface area contributed by atoms with Gasteiger partial charge in [0.1, 0.15) is 5.52 Å². The van der Waals surface area contributed by atoms with Crippen LogP contribution in [0.15, 0.2) is 41.3 Å². The molecule has 3 N–H and O–H groups in total. The van der Waals surface area contributed by atoms with Crippen LogP contribution in [0.4, 0.5) is 0 Å². The summed E-state index contributed by atoms with van der Waals surface area (Å²) < 4.78 is 8.27. The third kappa shape index (κ3) is 2.71. The molecule has 4 rings (SSSR count). The van der Waals surface area contributed by atoms with E-state index in [9.17, 15) is 4.79 Å². The van der Waals surface area contributed by atoms with Gasteiger partial charge in [-0.1, -0.05) is 24.3 Å². The number of aromatic amines is 2. The Morgan fingerprint density at radius 1 is 1.29 bits per heavy atom. The summed E-state index contributed by atoms with van der Waals surface area (Å²) >= 11 is 5.38. The molecular weight excluding hydrogens is 324 g/mol. The fourth-order valence-electron chi connectivity index (χ4n) is 3.19. The van der Waals surface area contributed by atoms with Crippen molar-refractivity contribution in [3.63, 3.8) is 0 Å². The highest BCUT2D eigenvalue weighted by Gasteiger charge is 2.19. The molecule has 1 aromatic carbocycles. The third-order valence-corrected chi connectivity index (χ3v) is 4.69. The van der Waals surface area contributed by atoms with Crippen LogP contribution in [0.25, 0.3) is 11.0 Å². The number of benzene rings is 1. The zero-order valence-corrected chi connectivity index (χ0v) is 13.9. The van der Waals surface area contributed by atoms with Gasteiger partial charge in [-0.25, -0.2) is 0 Å². The minimum Gasteiger partial charge on any atom is -0.371 e. The van der Waals surface area contributed by atoms with Crippen molar-refractivity contribution in [3.8, 4) is 0 Å². The quantitative estimate of drug-likeness (QED) is 0.637. The number of ether oxygens (including phenoxy) is 1. The first-order valence-electron chi connectivity index (χ1n) is 7.94. The topological polar surface area (TPSA) is 74.8 Å². The van der Waals surface area contributed by atoms with Gasteiger partial charge in [-0.2, -0.15) is 0 Å². The molecule has 1 fully saturated rings. The summed E-state index contributed by atoms with van der Waals surface area (Å²) in [5.74, 6) is 0. The summed E-state index contributed by atoms with van der Waals surface area (Å²) in [4.78, 5) is 17.7. The van der Waals surface area contributed by atoms with Crippen LogP contribution in [-0.2, 0) is 11.3 Å². The first kappa shape index (κ1) is 15.3. The molecule has 0 unspecified atom stereocenters. The van der Waals surface area contributed by atoms with E-state index >= 15 is 0 Å². The van der Waals surface area contributed by atoms with Crippen molar-refractivity contribution in [2.75, 3.05) is 19.7 Å². The molecule has 0 radical (unpaired) electrons. The maximum atomic E-state index is 12.0. The van der Waals surface area contributed by atoms with Gasteiger partial charge in [-0.05, 0) is 29.4 Å². The second-order valence-corrected chi connectivity index (χ2v) is 6.23. The number of hydrogen-bond acceptors (Lipinski definition) is 4. The van der Waals surface area contributed by atoms with Crippen molar-refractivity contribution in [2.45, 2.75) is 12.6 Å². The van der Waals surface area contributed by atoms with E-state index in [1.165, 1.54) is 0 Å². The van der Waals surface area contributed by atoms with Crippen molar-refractivity contribution in [3.05, 3.63) is 62.8 Å². The van der Waals surface area contributed by atoms with Crippen LogP contribution in [0.1, 0.15) is 17.2 Å². The van der Waals surface area contributed by atoms with Crippen molar-refractivity contribution in [1.82, 2.24) is 19.9 Å². The van der Waals surface area contributed by atoms with E-state index in [1.807, 2.05) is 22.8 Å². The highest BCUT2D eigenvalue weighted by atomic mass is 32.1. The van der Waals surface area contributed by atoms with Gasteiger partial charge in [0.2, 0.25) is 0 Å². The van der Waals surface area contributed by atoms with E-state index in [2.05, 4.69) is 27.4 Å². The molecule has 1 aliphatic rings. The molecule has 1 saturated heterocycles. The number of nitrogens with one attached hydrogen (secondary N) is 3. The van der Waals surface area contributed by atoms with Crippen LogP contribution >= 0.6 is 12.2 Å². The van der Waals surface area contributed by atoms with E-state index < -0.39 is 0 Å². The van der Waals surface area contributed by atoms with Gasteiger partial charge in [0, 0.05) is 19.3 Å². The Morgan fingerprint density at radius 2 is 2.17 bits per heavy atom. The number of aromatic nitrogens is 3. The fourth-order valence-corrected chi connectivity index (χ4v) is 3.44. The smallest absolute Gasteiger partial charge is 0.276 e. The lowest BCUT2D eigenvalue weighted by molar-refractivity contribution is 0.0271. The van der Waals surface area contributed by atoms with Crippen LogP contribution in [0.5, 0.6) is 0 Å². The average Bonchev–Trinajstić information content (AvgIpc) is 3.10. The lowest BCUT2D eigenvalue weighted by Crippen LogP contribution is -2.33. The van der Waals surface area contributed by atoms with E-state index in [0.717, 1.165) is 29.7 Å². The molecule has 24 heavy (non-hydrogen) atoms. The summed E-state index contributed by atoms with van der Waals surface area (Å²) in [7, 11) is 0. The highest BCUT2D eigenvalue weighted by Crippen LogP contribution is 2.24. The first-order chi connectivity index (χ1) is 11.7. The van der Waals surface area contributed by atoms with Crippen LogP contribution < -0.4 is 10.9 Å². The number of fused-ring (bicyclic) bond motifs is 1. The standard InChI is InChI=1S/C17H18N4O2S/c22-16-15-13(5-6-19-15)21(17(24)20-16)10-11-3-1-2-4-12(11)14-9-18-7-8-23-14/h1-6,14,18-19H,7-10H2,(H,20,22,24)/t14-/m1/s1. The SMILES string of the molecule is O=c1[nH]c(=S)n(Cc2ccccc2[C@H]2CNCCO2)c2cc[nH]c12. The summed E-state index contributed by atoms with van der Waals surface area (Å²) in [6.07, 6.45) is 1.79. The molecule has 0 amide bonds. The van der Waals surface area contributed by atoms with Crippen molar-refractivity contribution in [2.24, 2.45) is 0 Å². The number of nitrogens with zero attached hydrogens (tertiary/aromatic N) is 1. The molecule has 1 atom stereocenters. The molecule has 124 valence electrons. The third-order valence-electron chi connectivity index (χ3n) is 4.37. The molecule has 7 heteroatoms. The van der Waals surface area contributed by atoms with Gasteiger partial charge in [0.15, 0.2) is 4.77 Å². The molecule has 0 aliphatic carbocycles. The van der Waals surface area contributed by atoms with Gasteiger partial charge in [0.25, 0.3) is 5.56 Å².